The van der Waals surface area contributed by atoms with Crippen molar-refractivity contribution in [3.63, 3.8) is 0 Å². The van der Waals surface area contributed by atoms with Gasteiger partial charge in [-0.05, 0) is 117 Å². The van der Waals surface area contributed by atoms with Gasteiger partial charge in [0.05, 0.1) is 63.9 Å². The third-order valence-electron chi connectivity index (χ3n) is 13.7. The third kappa shape index (κ3) is 10.0. The average molecular weight is 1030 g/mol. The molecule has 0 spiro atoms. The predicted octanol–water partition coefficient (Wildman–Crippen LogP) is 8.88. The van der Waals surface area contributed by atoms with E-state index in [1.54, 1.807) is 77.5 Å². The Labute approximate surface area is 429 Å². The van der Waals surface area contributed by atoms with E-state index in [-0.39, 0.29) is 53.6 Å². The van der Waals surface area contributed by atoms with Gasteiger partial charge in [-0.1, -0.05) is 38.1 Å². The largest absolute Gasteiger partial charge is 0.489 e. The van der Waals surface area contributed by atoms with E-state index in [4.69, 9.17) is 17.0 Å². The molecule has 3 fully saturated rings. The molecule has 3 aromatic carbocycles. The summed E-state index contributed by atoms with van der Waals surface area (Å²) in [6, 6.07) is 21.5. The molecule has 6 aromatic rings. The maximum Gasteiger partial charge on any atom is 0.417 e. The molecule has 3 saturated heterocycles. The van der Waals surface area contributed by atoms with Gasteiger partial charge in [-0.2, -0.15) is 23.5 Å². The molecular weight excluding hydrogens is 978 g/mol. The minimum absolute atomic E-state index is 0.00651. The van der Waals surface area contributed by atoms with Crippen LogP contribution >= 0.6 is 23.6 Å². The molecule has 3 aromatic heterocycles. The summed E-state index contributed by atoms with van der Waals surface area (Å²) >= 11 is 7.28. The van der Waals surface area contributed by atoms with Gasteiger partial charge in [0.25, 0.3) is 5.91 Å². The zero-order valence-electron chi connectivity index (χ0n) is 40.9. The number of alkyl halides is 3. The summed E-state index contributed by atoms with van der Waals surface area (Å²) in [5, 5.41) is 27.8. The van der Waals surface area contributed by atoms with Crippen LogP contribution in [0.3, 0.4) is 0 Å². The van der Waals surface area contributed by atoms with Crippen molar-refractivity contribution in [3.8, 4) is 33.4 Å². The van der Waals surface area contributed by atoms with Crippen LogP contribution in [0.2, 0.25) is 0 Å². The normalized spacial score (nSPS) is 19.7. The Morgan fingerprint density at radius 1 is 0.973 bits per heavy atom. The molecular formula is C53H53F3N10O5S2. The van der Waals surface area contributed by atoms with Crippen LogP contribution in [0.1, 0.15) is 81.9 Å². The fourth-order valence-electron chi connectivity index (χ4n) is 9.84. The van der Waals surface area contributed by atoms with Crippen molar-refractivity contribution < 1.29 is 37.4 Å². The Hall–Kier alpha value is -7.21. The second-order valence-corrected chi connectivity index (χ2v) is 20.7. The van der Waals surface area contributed by atoms with Crippen molar-refractivity contribution in [2.75, 3.05) is 34.3 Å². The Morgan fingerprint density at radius 3 is 2.37 bits per heavy atom. The van der Waals surface area contributed by atoms with Gasteiger partial charge in [0, 0.05) is 49.6 Å². The van der Waals surface area contributed by atoms with E-state index in [0.29, 0.717) is 30.9 Å². The van der Waals surface area contributed by atoms with Crippen LogP contribution in [0.25, 0.3) is 21.6 Å². The molecule has 1 unspecified atom stereocenters. The molecule has 20 heteroatoms. The maximum atomic E-state index is 14.4. The number of rotatable bonds is 13. The number of nitrogens with one attached hydrogen (secondary N) is 1. The number of carbonyl (C=O) groups excluding carboxylic acids is 3. The lowest BCUT2D eigenvalue weighted by Gasteiger charge is -2.30. The number of nitrogens with zero attached hydrogens (tertiary/aromatic N) is 9. The standard InChI is InChI=1S/C53H53F3N10O5S2/c1-30(2)46(49(69)63-27-40(67)23-44(63)48(68)61-31(3)33-7-9-34(10-8-33)47-32(4)59-29-73-47)64-26-37(25-60-64)35-17-19-58-45(21-35)62-20-18-42(28-62)71-41-15-13-38(14-16-41)66-51(72)65(50(70)52(66,5)6)39-12-11-36(24-57)43(22-39)53(54,55)56/h7-17,19,21-22,25-26,29-31,40,42,44,46,67H,18,20,23,27-28H2,1-6H3,(H,61,68)/t31-,40+,42-,44-,46?/m0/s1. The number of aliphatic hydroxyl groups excluding tert-OH is 1. The van der Waals surface area contributed by atoms with Gasteiger partial charge in [0.2, 0.25) is 11.8 Å². The fourth-order valence-corrected chi connectivity index (χ4v) is 11.2. The van der Waals surface area contributed by atoms with Crippen LogP contribution in [0, 0.1) is 24.2 Å². The second kappa shape index (κ2) is 20.0. The Balaban J connectivity index is 0.829. The Morgan fingerprint density at radius 2 is 1.70 bits per heavy atom. The minimum Gasteiger partial charge on any atom is -0.489 e. The summed E-state index contributed by atoms with van der Waals surface area (Å²) in [6.45, 7) is 12.2. The molecule has 0 saturated carbocycles. The number of aliphatic hydroxyl groups is 1. The summed E-state index contributed by atoms with van der Waals surface area (Å²) in [4.78, 5) is 58.3. The average Bonchev–Trinajstić information content (AvgIpc) is 4.22. The summed E-state index contributed by atoms with van der Waals surface area (Å²) in [5.41, 5.74) is 3.83. The SMILES string of the molecule is Cc1ncsc1-c1ccc([C@H](C)NC(=O)[C@@H]2C[C@@H](O)CN2C(=O)C(C(C)C)n2cc(-c3ccnc(N4CC[C@H](Oc5ccc(N6C(=S)N(c7ccc(C#N)c(C(F)(F)F)c7)C(=O)C6(C)C)cc5)C4)c3)cn2)cc1. The number of hydrogen-bond acceptors (Lipinski definition) is 12. The highest BCUT2D eigenvalue weighted by Crippen LogP contribution is 2.41. The Kier molecular flexibility index (Phi) is 13.9. The highest BCUT2D eigenvalue weighted by molar-refractivity contribution is 7.81. The van der Waals surface area contributed by atoms with Gasteiger partial charge in [-0.3, -0.25) is 24.0 Å². The Bertz CT molecular complexity index is 3120. The number of hydrogen-bond donors (Lipinski definition) is 2. The molecule has 5 atom stereocenters. The van der Waals surface area contributed by atoms with E-state index in [9.17, 15) is 37.9 Å². The molecule has 2 N–H and O–H groups in total. The number of amides is 3. The lowest BCUT2D eigenvalue weighted by molar-refractivity contribution is -0.142. The van der Waals surface area contributed by atoms with Crippen LogP contribution in [0.4, 0.5) is 30.4 Å². The molecule has 0 bridgehead atoms. The van der Waals surface area contributed by atoms with E-state index < -0.39 is 46.9 Å². The number of aromatic nitrogens is 4. The van der Waals surface area contributed by atoms with Gasteiger partial charge in [0.1, 0.15) is 35.3 Å². The van der Waals surface area contributed by atoms with Gasteiger partial charge in [-0.25, -0.2) is 9.97 Å². The first kappa shape index (κ1) is 50.7. The molecule has 3 aliphatic heterocycles. The number of thiazole rings is 1. The van der Waals surface area contributed by atoms with E-state index in [1.165, 1.54) is 11.0 Å². The van der Waals surface area contributed by atoms with Gasteiger partial charge in [0.15, 0.2) is 5.11 Å². The molecule has 3 aliphatic rings. The lowest BCUT2D eigenvalue weighted by atomic mass is 10.0. The number of likely N-dealkylation sites (tertiary alicyclic amines) is 1. The zero-order valence-corrected chi connectivity index (χ0v) is 42.5. The highest BCUT2D eigenvalue weighted by Gasteiger charge is 2.51. The number of pyridine rings is 1. The first-order valence-corrected chi connectivity index (χ1v) is 25.1. The van der Waals surface area contributed by atoms with Crippen molar-refractivity contribution in [1.82, 2.24) is 30.0 Å². The van der Waals surface area contributed by atoms with Crippen molar-refractivity contribution >= 4 is 63.6 Å². The maximum absolute atomic E-state index is 14.4. The van der Waals surface area contributed by atoms with Crippen molar-refractivity contribution in [2.24, 2.45) is 5.92 Å². The minimum atomic E-state index is -4.81. The summed E-state index contributed by atoms with van der Waals surface area (Å²) in [7, 11) is 0. The number of nitriles is 1. The van der Waals surface area contributed by atoms with Gasteiger partial charge < -0.3 is 29.9 Å². The van der Waals surface area contributed by atoms with E-state index in [2.05, 4.69) is 25.3 Å². The number of aryl methyl sites for hydroxylation is 1. The van der Waals surface area contributed by atoms with E-state index in [0.717, 1.165) is 55.7 Å². The van der Waals surface area contributed by atoms with E-state index in [1.807, 2.05) is 75.8 Å². The van der Waals surface area contributed by atoms with Gasteiger partial charge >= 0.3 is 6.18 Å². The summed E-state index contributed by atoms with van der Waals surface area (Å²) < 4.78 is 49.5. The van der Waals surface area contributed by atoms with Crippen molar-refractivity contribution in [2.45, 2.75) is 96.4 Å². The molecule has 6 heterocycles. The van der Waals surface area contributed by atoms with E-state index >= 15 is 0 Å². The second-order valence-electron chi connectivity index (χ2n) is 19.4. The lowest BCUT2D eigenvalue weighted by Crippen LogP contribution is -2.49. The van der Waals surface area contributed by atoms with Crippen LogP contribution in [0.5, 0.6) is 5.75 Å². The number of halogens is 3. The molecule has 0 aliphatic carbocycles. The topological polar surface area (TPSA) is 173 Å². The number of anilines is 3. The number of β-amino-alcohol motifs (C(OH)–C–C–N with tert-alkyl or cyclic N) is 1. The highest BCUT2D eigenvalue weighted by atomic mass is 32.1. The van der Waals surface area contributed by atoms with Crippen LogP contribution < -0.4 is 24.8 Å². The molecule has 0 radical (unpaired) electrons. The molecule has 15 nitrogen and oxygen atoms in total. The molecule has 3 amide bonds. The van der Waals surface area contributed by atoms with Gasteiger partial charge in [-0.15, -0.1) is 11.3 Å². The number of thiocarbonyl (C=S) groups is 1. The van der Waals surface area contributed by atoms with Crippen molar-refractivity contribution in [3.05, 3.63) is 125 Å². The number of ether oxygens (including phenoxy) is 1. The summed E-state index contributed by atoms with van der Waals surface area (Å²) in [6.07, 6.45) is 0.206. The zero-order chi connectivity index (χ0) is 52.1. The fraction of sp³-hybridized carbons (Fsp3) is 0.358. The van der Waals surface area contributed by atoms with Crippen LogP contribution in [-0.4, -0.2) is 96.0 Å². The quantitative estimate of drug-likeness (QED) is 0.105. The predicted molar refractivity (Wildman–Crippen MR) is 275 cm³/mol. The number of benzene rings is 3. The number of carbonyl (C=O) groups is 3. The smallest absolute Gasteiger partial charge is 0.417 e. The third-order valence-corrected chi connectivity index (χ3v) is 15.1. The monoisotopic (exact) mass is 1030 g/mol. The first-order chi connectivity index (χ1) is 34.7. The molecule has 9 rings (SSSR count). The summed E-state index contributed by atoms with van der Waals surface area (Å²) in [5.74, 6) is -0.0664. The van der Waals surface area contributed by atoms with Crippen LogP contribution in [0.15, 0.2) is 103 Å². The van der Waals surface area contributed by atoms with Crippen LogP contribution in [-0.2, 0) is 20.6 Å². The molecule has 378 valence electrons. The first-order valence-electron chi connectivity index (χ1n) is 23.8. The molecule has 73 heavy (non-hydrogen) atoms. The van der Waals surface area contributed by atoms with Crippen molar-refractivity contribution in [1.29, 1.82) is 5.26 Å².